The molecule has 2 aromatic heterocycles. The highest BCUT2D eigenvalue weighted by atomic mass is 32.2. The maximum absolute atomic E-state index is 13.2. The van der Waals surface area contributed by atoms with Crippen molar-refractivity contribution in [2.24, 2.45) is 5.92 Å². The molecule has 0 bridgehead atoms. The Bertz CT molecular complexity index is 1020. The van der Waals surface area contributed by atoms with E-state index in [4.69, 9.17) is 0 Å². The highest BCUT2D eigenvalue weighted by Gasteiger charge is 2.32. The topological polar surface area (TPSA) is 83.6 Å². The van der Waals surface area contributed by atoms with Crippen molar-refractivity contribution in [1.82, 2.24) is 4.31 Å². The van der Waals surface area contributed by atoms with Gasteiger partial charge in [0, 0.05) is 23.9 Å². The van der Waals surface area contributed by atoms with Crippen LogP contribution < -0.4 is 5.32 Å². The molecule has 29 heavy (non-hydrogen) atoms. The Balaban J connectivity index is 1.55. The Kier molecular flexibility index (Phi) is 5.92. The monoisotopic (exact) mass is 452 g/mol. The van der Waals surface area contributed by atoms with Crippen molar-refractivity contribution in [1.29, 1.82) is 0 Å². The molecule has 0 atom stereocenters. The van der Waals surface area contributed by atoms with Crippen LogP contribution in [0, 0.1) is 5.92 Å². The van der Waals surface area contributed by atoms with Gasteiger partial charge in [0.1, 0.15) is 5.00 Å². The second-order valence-corrected chi connectivity index (χ2v) is 11.7. The summed E-state index contributed by atoms with van der Waals surface area (Å²) < 4.78 is 24.8. The summed E-state index contributed by atoms with van der Waals surface area (Å²) in [5.74, 6) is -0.365. The number of nitrogens with one attached hydrogen (secondary N) is 1. The second-order valence-electron chi connectivity index (χ2n) is 7.65. The highest BCUT2D eigenvalue weighted by molar-refractivity contribution is 7.88. The van der Waals surface area contributed by atoms with E-state index in [0.717, 1.165) is 31.2 Å². The molecule has 1 N–H and O–H groups in total. The van der Waals surface area contributed by atoms with Gasteiger partial charge in [0.15, 0.2) is 0 Å². The smallest absolute Gasteiger partial charge is 0.228 e. The molecule has 6 nitrogen and oxygen atoms in total. The number of nitrogens with zero attached hydrogens (tertiary/aromatic N) is 1. The number of carbonyl (C=O) groups is 2. The van der Waals surface area contributed by atoms with E-state index < -0.39 is 10.0 Å². The first-order valence-corrected chi connectivity index (χ1v) is 13.4. The average Bonchev–Trinajstić information content (AvgIpc) is 3.35. The van der Waals surface area contributed by atoms with Crippen LogP contribution in [0.25, 0.3) is 0 Å². The van der Waals surface area contributed by atoms with E-state index in [1.165, 1.54) is 38.1 Å². The number of fused-ring (bicyclic) bond motifs is 1. The minimum Gasteiger partial charge on any atom is -0.317 e. The first-order chi connectivity index (χ1) is 13.8. The van der Waals surface area contributed by atoms with E-state index in [2.05, 4.69) is 5.32 Å². The van der Waals surface area contributed by atoms with E-state index in [-0.39, 0.29) is 17.6 Å². The van der Waals surface area contributed by atoms with Gasteiger partial charge in [0.2, 0.25) is 21.7 Å². The van der Waals surface area contributed by atoms with E-state index in [0.29, 0.717) is 41.4 Å². The minimum atomic E-state index is -3.22. The van der Waals surface area contributed by atoms with Crippen molar-refractivity contribution < 1.29 is 18.0 Å². The number of aryl methyl sites for hydroxylation is 1. The lowest BCUT2D eigenvalue weighted by atomic mass is 9.93. The van der Waals surface area contributed by atoms with Crippen molar-refractivity contribution in [2.45, 2.75) is 38.5 Å². The molecule has 4 rings (SSSR count). The summed E-state index contributed by atoms with van der Waals surface area (Å²) in [6.07, 6.45) is 6.19. The molecule has 9 heteroatoms. The molecular formula is C20H24N2O4S3. The third-order valence-electron chi connectivity index (χ3n) is 5.67. The maximum atomic E-state index is 13.2. The number of piperidine rings is 1. The van der Waals surface area contributed by atoms with Crippen molar-refractivity contribution in [2.75, 3.05) is 24.7 Å². The molecule has 0 aromatic carbocycles. The summed E-state index contributed by atoms with van der Waals surface area (Å²) in [6.45, 7) is 0.720. The predicted molar refractivity (Wildman–Crippen MR) is 116 cm³/mol. The molecule has 1 amide bonds. The lowest BCUT2D eigenvalue weighted by Crippen LogP contribution is -2.40. The van der Waals surface area contributed by atoms with Crippen LogP contribution in [0.3, 0.4) is 0 Å². The fourth-order valence-corrected chi connectivity index (χ4v) is 6.92. The first kappa shape index (κ1) is 20.7. The number of carbonyl (C=O) groups excluding carboxylic acids is 2. The van der Waals surface area contributed by atoms with Gasteiger partial charge >= 0.3 is 0 Å². The Labute approximate surface area is 179 Å². The van der Waals surface area contributed by atoms with E-state index in [9.17, 15) is 18.0 Å². The number of thiophene rings is 2. The molecule has 3 heterocycles. The van der Waals surface area contributed by atoms with Gasteiger partial charge in [-0.15, -0.1) is 22.7 Å². The zero-order chi connectivity index (χ0) is 20.6. The van der Waals surface area contributed by atoms with Gasteiger partial charge < -0.3 is 5.32 Å². The van der Waals surface area contributed by atoms with Crippen LogP contribution in [0.15, 0.2) is 17.5 Å². The fraction of sp³-hybridized carbons (Fsp3) is 0.500. The van der Waals surface area contributed by atoms with Crippen molar-refractivity contribution in [3.8, 4) is 0 Å². The largest absolute Gasteiger partial charge is 0.317 e. The van der Waals surface area contributed by atoms with Crippen LogP contribution in [0.2, 0.25) is 0 Å². The average molecular weight is 453 g/mol. The molecule has 0 spiro atoms. The summed E-state index contributed by atoms with van der Waals surface area (Å²) in [5, 5.41) is 5.58. The molecular weight excluding hydrogens is 428 g/mol. The molecule has 156 valence electrons. The summed E-state index contributed by atoms with van der Waals surface area (Å²) in [6, 6.07) is 3.69. The fourth-order valence-electron chi connectivity index (χ4n) is 4.09. The molecule has 0 unspecified atom stereocenters. The number of sulfonamides is 1. The van der Waals surface area contributed by atoms with Crippen LogP contribution in [0.5, 0.6) is 0 Å². The SMILES string of the molecule is CS(=O)(=O)N1CCC(C(=O)Nc2sc3c(c2C(=O)c2cccs2)CCCC3)CC1. The van der Waals surface area contributed by atoms with E-state index in [1.54, 1.807) is 0 Å². The molecule has 1 fully saturated rings. The molecule has 2 aliphatic rings. The zero-order valence-corrected chi connectivity index (χ0v) is 18.7. The molecule has 1 aliphatic heterocycles. The van der Waals surface area contributed by atoms with Gasteiger partial charge in [-0.3, -0.25) is 9.59 Å². The van der Waals surface area contributed by atoms with Gasteiger partial charge in [0.25, 0.3) is 0 Å². The van der Waals surface area contributed by atoms with Crippen LogP contribution in [-0.4, -0.2) is 43.8 Å². The summed E-state index contributed by atoms with van der Waals surface area (Å²) in [4.78, 5) is 28.0. The molecule has 1 aliphatic carbocycles. The molecule has 0 saturated carbocycles. The standard InChI is InChI=1S/C20H24N2O4S3/c1-29(25,26)22-10-8-13(9-11-22)19(24)21-20-17(18(23)16-7-4-12-27-16)14-5-2-3-6-15(14)28-20/h4,7,12-13H,2-3,5-6,8-11H2,1H3,(H,21,24). The second kappa shape index (κ2) is 8.29. The van der Waals surface area contributed by atoms with Gasteiger partial charge in [-0.25, -0.2) is 12.7 Å². The summed E-state index contributed by atoms with van der Waals surface area (Å²) in [5.41, 5.74) is 1.76. The quantitative estimate of drug-likeness (QED) is 0.704. The van der Waals surface area contributed by atoms with Crippen molar-refractivity contribution in [3.05, 3.63) is 38.4 Å². The third kappa shape index (κ3) is 4.33. The maximum Gasteiger partial charge on any atom is 0.228 e. The van der Waals surface area contributed by atoms with E-state index >= 15 is 0 Å². The van der Waals surface area contributed by atoms with Crippen LogP contribution in [0.1, 0.15) is 51.4 Å². The number of rotatable bonds is 5. The number of ketones is 1. The lowest BCUT2D eigenvalue weighted by Gasteiger charge is -2.29. The van der Waals surface area contributed by atoms with Gasteiger partial charge in [-0.1, -0.05) is 6.07 Å². The van der Waals surface area contributed by atoms with Gasteiger partial charge in [-0.2, -0.15) is 0 Å². The first-order valence-electron chi connectivity index (χ1n) is 9.83. The Hall–Kier alpha value is -1.55. The molecule has 1 saturated heterocycles. The number of anilines is 1. The number of amides is 1. The molecule has 0 radical (unpaired) electrons. The van der Waals surface area contributed by atoms with Gasteiger partial charge in [-0.05, 0) is 55.5 Å². The summed E-state index contributed by atoms with van der Waals surface area (Å²) in [7, 11) is -3.22. The van der Waals surface area contributed by atoms with Crippen molar-refractivity contribution >= 4 is 49.4 Å². The summed E-state index contributed by atoms with van der Waals surface area (Å²) >= 11 is 2.95. The normalized spacial score (nSPS) is 18.4. The minimum absolute atomic E-state index is 0.0124. The van der Waals surface area contributed by atoms with Crippen LogP contribution >= 0.6 is 22.7 Å². The Morgan fingerprint density at radius 2 is 1.90 bits per heavy atom. The Morgan fingerprint density at radius 1 is 1.17 bits per heavy atom. The lowest BCUT2D eigenvalue weighted by molar-refractivity contribution is -0.120. The van der Waals surface area contributed by atoms with Crippen molar-refractivity contribution in [3.63, 3.8) is 0 Å². The number of hydrogen-bond acceptors (Lipinski definition) is 6. The Morgan fingerprint density at radius 3 is 2.55 bits per heavy atom. The number of hydrogen-bond donors (Lipinski definition) is 1. The van der Waals surface area contributed by atoms with Crippen LogP contribution in [-0.2, 0) is 27.7 Å². The zero-order valence-electron chi connectivity index (χ0n) is 16.3. The molecule has 2 aromatic rings. The van der Waals surface area contributed by atoms with Crippen LogP contribution in [0.4, 0.5) is 5.00 Å². The van der Waals surface area contributed by atoms with E-state index in [1.807, 2.05) is 17.5 Å². The predicted octanol–water partition coefficient (Wildman–Crippen LogP) is 3.53. The van der Waals surface area contributed by atoms with Gasteiger partial charge in [0.05, 0.1) is 16.7 Å². The third-order valence-corrected chi connectivity index (χ3v) is 9.05. The highest BCUT2D eigenvalue weighted by Crippen LogP contribution is 2.40.